The van der Waals surface area contributed by atoms with Gasteiger partial charge in [-0.1, -0.05) is 212 Å². The molecule has 0 aromatic rings. The summed E-state index contributed by atoms with van der Waals surface area (Å²) in [6.45, 7) is 4.83. The molecule has 0 spiro atoms. The predicted octanol–water partition coefficient (Wildman–Crippen LogP) is 13.1. The lowest BCUT2D eigenvalue weighted by Gasteiger charge is -2.25. The number of allylic oxidation sites excluding steroid dienone is 1. The third-order valence-corrected chi connectivity index (χ3v) is 11.7. The van der Waals surface area contributed by atoms with Crippen molar-refractivity contribution in [3.8, 4) is 0 Å². The molecule has 0 rings (SSSR count). The van der Waals surface area contributed by atoms with Crippen LogP contribution in [0.1, 0.15) is 226 Å². The van der Waals surface area contributed by atoms with Gasteiger partial charge in [-0.3, -0.25) is 13.8 Å². The summed E-state index contributed by atoms with van der Waals surface area (Å²) < 4.78 is 23.6. The Balaban J connectivity index is 4.35. The van der Waals surface area contributed by atoms with Crippen LogP contribution in [0.5, 0.6) is 0 Å². The number of phosphoric ester groups is 1. The predicted molar refractivity (Wildman–Crippen MR) is 235 cm³/mol. The minimum atomic E-state index is -4.33. The zero-order valence-electron chi connectivity index (χ0n) is 37.2. The van der Waals surface area contributed by atoms with Gasteiger partial charge in [-0.2, -0.15) is 0 Å². The van der Waals surface area contributed by atoms with Gasteiger partial charge in [-0.15, -0.1) is 0 Å². The van der Waals surface area contributed by atoms with Crippen LogP contribution in [0.3, 0.4) is 0 Å². The Labute approximate surface area is 342 Å². The van der Waals surface area contributed by atoms with Crippen molar-refractivity contribution in [2.75, 3.05) is 40.9 Å². The minimum Gasteiger partial charge on any atom is -0.387 e. The molecule has 0 aromatic heterocycles. The van der Waals surface area contributed by atoms with Gasteiger partial charge in [0.05, 0.1) is 39.9 Å². The molecule has 0 aromatic carbocycles. The van der Waals surface area contributed by atoms with E-state index in [4.69, 9.17) is 9.05 Å². The second-order valence-corrected chi connectivity index (χ2v) is 18.9. The van der Waals surface area contributed by atoms with E-state index in [1.165, 1.54) is 173 Å². The molecule has 328 valence electrons. The molecule has 0 fully saturated rings. The van der Waals surface area contributed by atoms with E-state index in [9.17, 15) is 19.4 Å². The summed E-state index contributed by atoms with van der Waals surface area (Å²) in [6, 6.07) is -0.839. The number of amides is 1. The van der Waals surface area contributed by atoms with Crippen LogP contribution in [0.15, 0.2) is 12.2 Å². The number of quaternary nitrogens is 1. The summed E-state index contributed by atoms with van der Waals surface area (Å²) >= 11 is 0. The van der Waals surface area contributed by atoms with Crippen molar-refractivity contribution in [3.05, 3.63) is 12.2 Å². The number of phosphoric acid groups is 1. The van der Waals surface area contributed by atoms with Crippen LogP contribution in [0.4, 0.5) is 0 Å². The van der Waals surface area contributed by atoms with Gasteiger partial charge in [0.1, 0.15) is 13.2 Å². The maximum absolute atomic E-state index is 12.9. The molecule has 0 aliphatic heterocycles. The van der Waals surface area contributed by atoms with Crippen LogP contribution in [-0.4, -0.2) is 73.4 Å². The molecule has 3 unspecified atom stereocenters. The van der Waals surface area contributed by atoms with Crippen LogP contribution in [0, 0.1) is 0 Å². The Morgan fingerprint density at radius 1 is 0.600 bits per heavy atom. The van der Waals surface area contributed by atoms with Crippen molar-refractivity contribution in [2.45, 2.75) is 238 Å². The average Bonchev–Trinajstić information content (AvgIpc) is 3.13. The van der Waals surface area contributed by atoms with Crippen LogP contribution in [0.25, 0.3) is 0 Å². The second kappa shape index (κ2) is 38.7. The van der Waals surface area contributed by atoms with Crippen LogP contribution >= 0.6 is 7.82 Å². The van der Waals surface area contributed by atoms with Crippen molar-refractivity contribution in [1.82, 2.24) is 5.32 Å². The molecule has 3 atom stereocenters. The first-order valence-electron chi connectivity index (χ1n) is 23.6. The zero-order chi connectivity index (χ0) is 40.7. The van der Waals surface area contributed by atoms with E-state index in [2.05, 4.69) is 19.2 Å². The molecule has 0 saturated heterocycles. The molecular formula is C46H94N2O6P+. The van der Waals surface area contributed by atoms with E-state index in [0.717, 1.165) is 32.1 Å². The smallest absolute Gasteiger partial charge is 0.387 e. The number of unbranched alkanes of at least 4 members (excludes halogenated alkanes) is 30. The zero-order valence-corrected chi connectivity index (χ0v) is 38.1. The highest BCUT2D eigenvalue weighted by molar-refractivity contribution is 7.47. The summed E-state index contributed by atoms with van der Waals surface area (Å²) in [6.07, 6.45) is 44.2. The number of aliphatic hydroxyl groups is 1. The Morgan fingerprint density at radius 2 is 0.964 bits per heavy atom. The summed E-state index contributed by atoms with van der Waals surface area (Å²) in [5.74, 6) is -0.174. The van der Waals surface area contributed by atoms with Gasteiger partial charge in [-0.25, -0.2) is 4.57 Å². The van der Waals surface area contributed by atoms with E-state index in [0.29, 0.717) is 17.4 Å². The molecule has 0 radical (unpaired) electrons. The number of likely N-dealkylation sites (N-methyl/N-ethyl adjacent to an activating group) is 1. The van der Waals surface area contributed by atoms with E-state index < -0.39 is 20.0 Å². The highest BCUT2D eigenvalue weighted by Crippen LogP contribution is 2.43. The van der Waals surface area contributed by atoms with Crippen molar-refractivity contribution >= 4 is 13.7 Å². The Bertz CT molecular complexity index is 911. The topological polar surface area (TPSA) is 105 Å². The largest absolute Gasteiger partial charge is 0.472 e. The second-order valence-electron chi connectivity index (χ2n) is 17.5. The van der Waals surface area contributed by atoms with Crippen molar-refractivity contribution in [2.24, 2.45) is 0 Å². The number of carbonyl (C=O) groups excluding carboxylic acids is 1. The summed E-state index contributed by atoms with van der Waals surface area (Å²) in [5, 5.41) is 13.9. The molecule has 0 aliphatic rings. The van der Waals surface area contributed by atoms with Gasteiger partial charge < -0.3 is 19.8 Å². The number of hydrogen-bond acceptors (Lipinski definition) is 5. The van der Waals surface area contributed by atoms with Crippen LogP contribution < -0.4 is 5.32 Å². The van der Waals surface area contributed by atoms with Gasteiger partial charge in [0.15, 0.2) is 0 Å². The van der Waals surface area contributed by atoms with E-state index in [1.807, 2.05) is 27.2 Å². The van der Waals surface area contributed by atoms with Crippen molar-refractivity contribution in [3.63, 3.8) is 0 Å². The fourth-order valence-corrected chi connectivity index (χ4v) is 7.72. The first-order valence-corrected chi connectivity index (χ1v) is 25.1. The monoisotopic (exact) mass is 802 g/mol. The first-order chi connectivity index (χ1) is 26.5. The van der Waals surface area contributed by atoms with Gasteiger partial charge in [0.25, 0.3) is 0 Å². The number of rotatable bonds is 43. The van der Waals surface area contributed by atoms with Gasteiger partial charge in [0, 0.05) is 6.42 Å². The third kappa shape index (κ3) is 41.2. The lowest BCUT2D eigenvalue weighted by atomic mass is 10.0. The van der Waals surface area contributed by atoms with E-state index >= 15 is 0 Å². The average molecular weight is 802 g/mol. The Morgan fingerprint density at radius 3 is 1.35 bits per heavy atom. The molecule has 1 amide bonds. The number of nitrogens with one attached hydrogen (secondary N) is 1. The standard InChI is InChI=1S/C46H93N2O6P/c1-6-8-10-12-14-16-18-20-22-23-24-25-26-27-29-31-33-35-37-39-45(49)44(43-54-55(51,52)53-42-41-48(3,4)5)47-46(50)40-38-36-34-32-30-28-21-19-17-15-13-11-9-7-2/h37,39,44-45,49H,6-36,38,40-43H2,1-5H3,(H-,47,50,51,52)/p+1/b39-37+. The van der Waals surface area contributed by atoms with Crippen LogP contribution in [0.2, 0.25) is 0 Å². The first kappa shape index (κ1) is 54.2. The van der Waals surface area contributed by atoms with Gasteiger partial charge >= 0.3 is 7.82 Å². The highest BCUT2D eigenvalue weighted by Gasteiger charge is 2.27. The number of nitrogens with zero attached hydrogens (tertiary/aromatic N) is 1. The number of aliphatic hydroxyl groups excluding tert-OH is 1. The SMILES string of the molecule is CCCCCCCCCCCCCCCCCCC/C=C/C(O)C(COP(=O)(O)OCC[N+](C)(C)C)NC(=O)CCCCCCCCCCCCCCCC. The molecular weight excluding hydrogens is 707 g/mol. The lowest BCUT2D eigenvalue weighted by molar-refractivity contribution is -0.870. The van der Waals surface area contributed by atoms with Crippen LogP contribution in [-0.2, 0) is 18.4 Å². The maximum Gasteiger partial charge on any atom is 0.472 e. The molecule has 8 nitrogen and oxygen atoms in total. The molecule has 0 aliphatic carbocycles. The number of carbonyl (C=O) groups is 1. The Kier molecular flexibility index (Phi) is 38.2. The van der Waals surface area contributed by atoms with Crippen molar-refractivity contribution < 1.29 is 32.9 Å². The van der Waals surface area contributed by atoms with Crippen molar-refractivity contribution in [1.29, 1.82) is 0 Å². The molecule has 55 heavy (non-hydrogen) atoms. The lowest BCUT2D eigenvalue weighted by Crippen LogP contribution is -2.45. The molecule has 0 heterocycles. The van der Waals surface area contributed by atoms with E-state index in [-0.39, 0.29) is 19.1 Å². The molecule has 0 saturated carbocycles. The summed E-state index contributed by atoms with van der Waals surface area (Å²) in [7, 11) is 1.58. The van der Waals surface area contributed by atoms with E-state index in [1.54, 1.807) is 6.08 Å². The molecule has 3 N–H and O–H groups in total. The van der Waals surface area contributed by atoms with Gasteiger partial charge in [-0.05, 0) is 19.3 Å². The maximum atomic E-state index is 12.9. The van der Waals surface area contributed by atoms with Gasteiger partial charge in [0.2, 0.25) is 5.91 Å². The minimum absolute atomic E-state index is 0.0647. The normalized spacial score (nSPS) is 14.4. The quantitative estimate of drug-likeness (QED) is 0.0245. The fraction of sp³-hybridized carbons (Fsp3) is 0.935. The summed E-state index contributed by atoms with van der Waals surface area (Å²) in [4.78, 5) is 23.1. The number of hydrogen-bond donors (Lipinski definition) is 3. The third-order valence-electron chi connectivity index (χ3n) is 10.8. The molecule has 9 heteroatoms. The summed E-state index contributed by atoms with van der Waals surface area (Å²) in [5.41, 5.74) is 0. The Hall–Kier alpha value is -0.760. The molecule has 0 bridgehead atoms. The fourth-order valence-electron chi connectivity index (χ4n) is 6.98. The highest BCUT2D eigenvalue weighted by atomic mass is 31.2.